The zero-order valence-corrected chi connectivity index (χ0v) is 16.1. The summed E-state index contributed by atoms with van der Waals surface area (Å²) in [7, 11) is 1.58. The maximum Gasteiger partial charge on any atom is 0.325 e. The zero-order chi connectivity index (χ0) is 19.9. The van der Waals surface area contributed by atoms with Crippen molar-refractivity contribution in [3.05, 3.63) is 29.8 Å². The first-order valence-electron chi connectivity index (χ1n) is 9.66. The maximum atomic E-state index is 12.5. The van der Waals surface area contributed by atoms with Crippen molar-refractivity contribution in [1.29, 1.82) is 0 Å². The summed E-state index contributed by atoms with van der Waals surface area (Å²) in [5.41, 5.74) is 0.833. The van der Waals surface area contributed by atoms with Crippen molar-refractivity contribution < 1.29 is 23.9 Å². The standard InChI is InChI=1S/C20H27N3O5/c1-27-16-4-2-15(3-5-16)13-23-19(25)17(22-20(23)26)6-7-18(24)21-12-14-8-10-28-11-9-14/h2-5,14,17H,6-13H2,1H3,(H,21,24)(H,22,26)/t17-/m1/s1. The molecule has 2 aliphatic heterocycles. The summed E-state index contributed by atoms with van der Waals surface area (Å²) in [6.07, 6.45) is 2.41. The Kier molecular flexibility index (Phi) is 6.86. The average Bonchev–Trinajstić information content (AvgIpc) is 2.99. The second-order valence-electron chi connectivity index (χ2n) is 7.17. The number of hydrogen-bond donors (Lipinski definition) is 2. The number of urea groups is 1. The number of imide groups is 1. The lowest BCUT2D eigenvalue weighted by atomic mass is 10.0. The van der Waals surface area contributed by atoms with E-state index < -0.39 is 12.1 Å². The molecule has 0 unspecified atom stereocenters. The molecule has 8 nitrogen and oxygen atoms in total. The van der Waals surface area contributed by atoms with E-state index in [9.17, 15) is 14.4 Å². The fourth-order valence-electron chi connectivity index (χ4n) is 3.41. The quantitative estimate of drug-likeness (QED) is 0.656. The highest BCUT2D eigenvalue weighted by Gasteiger charge is 2.37. The first-order valence-corrected chi connectivity index (χ1v) is 9.66. The molecule has 2 fully saturated rings. The van der Waals surface area contributed by atoms with Gasteiger partial charge in [-0.05, 0) is 42.9 Å². The highest BCUT2D eigenvalue weighted by Crippen LogP contribution is 2.18. The van der Waals surface area contributed by atoms with E-state index in [1.54, 1.807) is 19.2 Å². The molecule has 2 aliphatic rings. The van der Waals surface area contributed by atoms with Gasteiger partial charge in [-0.2, -0.15) is 0 Å². The SMILES string of the molecule is COc1ccc(CN2C(=O)N[C@H](CCC(=O)NCC3CCOCC3)C2=O)cc1. The van der Waals surface area contributed by atoms with Crippen LogP contribution in [0.2, 0.25) is 0 Å². The predicted molar refractivity (Wildman–Crippen MR) is 102 cm³/mol. The number of methoxy groups -OCH3 is 1. The topological polar surface area (TPSA) is 97.0 Å². The van der Waals surface area contributed by atoms with Gasteiger partial charge in [0.1, 0.15) is 11.8 Å². The molecule has 1 aromatic carbocycles. The van der Waals surface area contributed by atoms with E-state index in [4.69, 9.17) is 9.47 Å². The van der Waals surface area contributed by atoms with Crippen LogP contribution in [0.1, 0.15) is 31.2 Å². The van der Waals surface area contributed by atoms with Crippen LogP contribution in [0.4, 0.5) is 4.79 Å². The minimum atomic E-state index is -0.653. The summed E-state index contributed by atoms with van der Waals surface area (Å²) in [6.45, 7) is 2.32. The van der Waals surface area contributed by atoms with E-state index in [1.165, 1.54) is 4.90 Å². The van der Waals surface area contributed by atoms with Gasteiger partial charge in [-0.1, -0.05) is 12.1 Å². The molecule has 0 spiro atoms. The normalized spacial score (nSPS) is 20.2. The number of nitrogens with zero attached hydrogens (tertiary/aromatic N) is 1. The Labute approximate surface area is 164 Å². The lowest BCUT2D eigenvalue weighted by molar-refractivity contribution is -0.128. The van der Waals surface area contributed by atoms with Gasteiger partial charge in [-0.15, -0.1) is 0 Å². The molecule has 4 amide bonds. The lowest BCUT2D eigenvalue weighted by Gasteiger charge is -2.22. The molecule has 1 aromatic rings. The molecule has 2 N–H and O–H groups in total. The van der Waals surface area contributed by atoms with Crippen LogP contribution in [0.3, 0.4) is 0 Å². The lowest BCUT2D eigenvalue weighted by Crippen LogP contribution is -2.35. The molecular weight excluding hydrogens is 362 g/mol. The minimum absolute atomic E-state index is 0.0952. The fraction of sp³-hybridized carbons (Fsp3) is 0.550. The van der Waals surface area contributed by atoms with E-state index in [0.29, 0.717) is 24.6 Å². The van der Waals surface area contributed by atoms with Gasteiger partial charge in [0, 0.05) is 26.2 Å². The highest BCUT2D eigenvalue weighted by atomic mass is 16.5. The van der Waals surface area contributed by atoms with Crippen molar-refractivity contribution in [2.75, 3.05) is 26.9 Å². The van der Waals surface area contributed by atoms with Crippen molar-refractivity contribution in [2.24, 2.45) is 5.92 Å². The Balaban J connectivity index is 1.44. The monoisotopic (exact) mass is 389 g/mol. The van der Waals surface area contributed by atoms with Crippen LogP contribution < -0.4 is 15.4 Å². The summed E-state index contributed by atoms with van der Waals surface area (Å²) >= 11 is 0. The molecule has 3 rings (SSSR count). The summed E-state index contributed by atoms with van der Waals surface area (Å²) in [5, 5.41) is 5.59. The van der Waals surface area contributed by atoms with Crippen LogP contribution >= 0.6 is 0 Å². The van der Waals surface area contributed by atoms with Crippen molar-refractivity contribution in [3.63, 3.8) is 0 Å². The predicted octanol–water partition coefficient (Wildman–Crippen LogP) is 1.44. The van der Waals surface area contributed by atoms with Crippen LogP contribution in [-0.4, -0.2) is 55.7 Å². The Morgan fingerprint density at radius 1 is 1.25 bits per heavy atom. The average molecular weight is 389 g/mol. The molecule has 2 saturated heterocycles. The molecule has 28 heavy (non-hydrogen) atoms. The first-order chi connectivity index (χ1) is 13.6. The van der Waals surface area contributed by atoms with Gasteiger partial charge in [0.05, 0.1) is 13.7 Å². The largest absolute Gasteiger partial charge is 0.497 e. The van der Waals surface area contributed by atoms with Crippen molar-refractivity contribution in [3.8, 4) is 5.75 Å². The van der Waals surface area contributed by atoms with E-state index in [2.05, 4.69) is 10.6 Å². The van der Waals surface area contributed by atoms with Gasteiger partial charge in [-0.25, -0.2) is 4.79 Å². The molecule has 152 valence electrons. The number of carbonyl (C=O) groups is 3. The number of amides is 4. The molecule has 0 aliphatic carbocycles. The van der Waals surface area contributed by atoms with Crippen LogP contribution in [0, 0.1) is 5.92 Å². The van der Waals surface area contributed by atoms with Gasteiger partial charge in [-0.3, -0.25) is 14.5 Å². The van der Waals surface area contributed by atoms with Gasteiger partial charge in [0.2, 0.25) is 5.91 Å². The van der Waals surface area contributed by atoms with Crippen LogP contribution in [0.15, 0.2) is 24.3 Å². The number of ether oxygens (including phenoxy) is 2. The van der Waals surface area contributed by atoms with Crippen molar-refractivity contribution >= 4 is 17.8 Å². The van der Waals surface area contributed by atoms with Crippen LogP contribution in [-0.2, 0) is 20.9 Å². The zero-order valence-electron chi connectivity index (χ0n) is 16.1. The molecular formula is C20H27N3O5. The van der Waals surface area contributed by atoms with E-state index in [0.717, 1.165) is 31.6 Å². The second-order valence-corrected chi connectivity index (χ2v) is 7.17. The molecule has 2 heterocycles. The van der Waals surface area contributed by atoms with Gasteiger partial charge in [0.15, 0.2) is 0 Å². The second kappa shape index (κ2) is 9.54. The third-order valence-corrected chi connectivity index (χ3v) is 5.20. The molecule has 0 radical (unpaired) electrons. The molecule has 0 aromatic heterocycles. The molecule has 0 saturated carbocycles. The summed E-state index contributed by atoms with van der Waals surface area (Å²) < 4.78 is 10.4. The number of nitrogens with one attached hydrogen (secondary N) is 2. The Morgan fingerprint density at radius 2 is 1.96 bits per heavy atom. The summed E-state index contributed by atoms with van der Waals surface area (Å²) in [6, 6.07) is 6.13. The fourth-order valence-corrected chi connectivity index (χ4v) is 3.41. The van der Waals surface area contributed by atoms with Crippen LogP contribution in [0.25, 0.3) is 0 Å². The maximum absolute atomic E-state index is 12.5. The Bertz CT molecular complexity index is 700. The van der Waals surface area contributed by atoms with E-state index in [-0.39, 0.29) is 24.8 Å². The number of benzene rings is 1. The minimum Gasteiger partial charge on any atom is -0.497 e. The third-order valence-electron chi connectivity index (χ3n) is 5.20. The van der Waals surface area contributed by atoms with Gasteiger partial charge >= 0.3 is 6.03 Å². The van der Waals surface area contributed by atoms with E-state index in [1.807, 2.05) is 12.1 Å². The first kappa shape index (κ1) is 20.1. The van der Waals surface area contributed by atoms with Gasteiger partial charge in [0.25, 0.3) is 5.91 Å². The number of rotatable bonds is 8. The molecule has 8 heteroatoms. The smallest absolute Gasteiger partial charge is 0.325 e. The Hall–Kier alpha value is -2.61. The molecule has 1 atom stereocenters. The highest BCUT2D eigenvalue weighted by molar-refractivity contribution is 6.04. The summed E-state index contributed by atoms with van der Waals surface area (Å²) in [5.74, 6) is 0.774. The van der Waals surface area contributed by atoms with Crippen molar-refractivity contribution in [2.45, 2.75) is 38.3 Å². The molecule has 0 bridgehead atoms. The third kappa shape index (κ3) is 5.22. The van der Waals surface area contributed by atoms with E-state index >= 15 is 0 Å². The number of hydrogen-bond acceptors (Lipinski definition) is 5. The van der Waals surface area contributed by atoms with Crippen LogP contribution in [0.5, 0.6) is 5.75 Å². The van der Waals surface area contributed by atoms with Crippen molar-refractivity contribution in [1.82, 2.24) is 15.5 Å². The number of carbonyl (C=O) groups excluding carboxylic acids is 3. The summed E-state index contributed by atoms with van der Waals surface area (Å²) in [4.78, 5) is 37.9. The Morgan fingerprint density at radius 3 is 2.64 bits per heavy atom. The van der Waals surface area contributed by atoms with Gasteiger partial charge < -0.3 is 20.1 Å².